The van der Waals surface area contributed by atoms with Crippen LogP contribution >= 0.6 is 11.6 Å². The molecule has 3 unspecified atom stereocenters. The average molecular weight is 573 g/mol. The van der Waals surface area contributed by atoms with E-state index in [-0.39, 0.29) is 30.8 Å². The van der Waals surface area contributed by atoms with Gasteiger partial charge in [-0.25, -0.2) is 0 Å². The number of benzene rings is 2. The summed E-state index contributed by atoms with van der Waals surface area (Å²) in [6.07, 6.45) is 4.40. The molecule has 2 aromatic carbocycles. The Bertz CT molecular complexity index is 1100. The summed E-state index contributed by atoms with van der Waals surface area (Å²) in [6.45, 7) is 6.23. The summed E-state index contributed by atoms with van der Waals surface area (Å²) in [5.74, 6) is -0.565. The molecule has 1 heterocycles. The largest absolute Gasteiger partial charge is 0.492 e. The van der Waals surface area contributed by atoms with Crippen LogP contribution in [0.2, 0.25) is 5.02 Å². The molecule has 0 radical (unpaired) electrons. The second-order valence-corrected chi connectivity index (χ2v) is 10.0. The molecule has 0 spiro atoms. The first-order valence-electron chi connectivity index (χ1n) is 13.4. The van der Waals surface area contributed by atoms with Crippen LogP contribution in [-0.2, 0) is 14.4 Å². The van der Waals surface area contributed by atoms with E-state index in [2.05, 4.69) is 16.0 Å². The standard InChI is InChI=1S/C23H34N4O5.C7H7Cl/c1-4-16(2)21-23(31)27(3)18(15-28)22(30)26-14-20(29)24-11-7-9-17-8-5-6-10-19(17)32-13-12-25-21;1-6-2-4-7(8)5-3-6/h5-10,16,18,21,25,28H,4,11-15H2,1-3H3,(H,24,29)(H,26,30);2-5H,1H3/b9-7+;. The Labute approximate surface area is 241 Å². The number of amides is 3. The Morgan fingerprint density at radius 3 is 2.45 bits per heavy atom. The second kappa shape index (κ2) is 17.3. The molecule has 0 aromatic heterocycles. The Balaban J connectivity index is 0.000000598. The third kappa shape index (κ3) is 10.6. The molecule has 218 valence electrons. The van der Waals surface area contributed by atoms with Gasteiger partial charge in [0.05, 0.1) is 19.2 Å². The summed E-state index contributed by atoms with van der Waals surface area (Å²) in [5.41, 5.74) is 2.12. The van der Waals surface area contributed by atoms with E-state index < -0.39 is 24.6 Å². The maximum atomic E-state index is 13.2. The molecule has 1 aliphatic heterocycles. The molecule has 4 N–H and O–H groups in total. The topological polar surface area (TPSA) is 120 Å². The molecular weight excluding hydrogens is 532 g/mol. The fourth-order valence-corrected chi connectivity index (χ4v) is 4.01. The number of aryl methyl sites for hydroxylation is 1. The van der Waals surface area contributed by atoms with Crippen molar-refractivity contribution in [2.24, 2.45) is 5.92 Å². The molecule has 0 fully saturated rings. The number of carbonyl (C=O) groups excluding carboxylic acids is 3. The fraction of sp³-hybridized carbons (Fsp3) is 0.433. The highest BCUT2D eigenvalue weighted by Gasteiger charge is 2.33. The molecule has 3 amide bonds. The maximum Gasteiger partial charge on any atom is 0.245 e. The van der Waals surface area contributed by atoms with Gasteiger partial charge in [-0.1, -0.05) is 79.9 Å². The van der Waals surface area contributed by atoms with Gasteiger partial charge in [0.25, 0.3) is 0 Å². The Kier molecular flexibility index (Phi) is 14.2. The first-order valence-corrected chi connectivity index (χ1v) is 13.8. The number of hydrogen-bond donors (Lipinski definition) is 4. The smallest absolute Gasteiger partial charge is 0.245 e. The Hall–Kier alpha value is -3.40. The van der Waals surface area contributed by atoms with Crippen molar-refractivity contribution in [3.05, 3.63) is 70.8 Å². The number of nitrogens with zero attached hydrogens (tertiary/aromatic N) is 1. The molecular formula is C30H41ClN4O5. The molecule has 3 atom stereocenters. The zero-order valence-corrected chi connectivity index (χ0v) is 24.4. The first kappa shape index (κ1) is 32.8. The minimum atomic E-state index is -1.09. The van der Waals surface area contributed by atoms with Gasteiger partial charge < -0.3 is 30.7 Å². The van der Waals surface area contributed by atoms with Crippen molar-refractivity contribution < 1.29 is 24.2 Å². The molecule has 2 aromatic rings. The number of fused-ring (bicyclic) bond motifs is 1. The lowest BCUT2D eigenvalue weighted by Gasteiger charge is -2.32. The van der Waals surface area contributed by atoms with Crippen LogP contribution in [-0.4, -0.2) is 79.7 Å². The molecule has 40 heavy (non-hydrogen) atoms. The number of aliphatic hydroxyl groups is 1. The first-order chi connectivity index (χ1) is 19.2. The lowest BCUT2D eigenvalue weighted by molar-refractivity contribution is -0.143. The van der Waals surface area contributed by atoms with Crippen molar-refractivity contribution in [2.45, 2.75) is 39.3 Å². The van der Waals surface area contributed by atoms with E-state index in [0.717, 1.165) is 17.0 Å². The molecule has 0 bridgehead atoms. The van der Waals surface area contributed by atoms with Gasteiger partial charge in [-0.2, -0.15) is 0 Å². The zero-order chi connectivity index (χ0) is 29.5. The lowest BCUT2D eigenvalue weighted by atomic mass is 9.97. The quantitative estimate of drug-likeness (QED) is 0.449. The number of likely N-dealkylation sites (N-methyl/N-ethyl adjacent to an activating group) is 1. The minimum Gasteiger partial charge on any atom is -0.492 e. The number of hydrogen-bond acceptors (Lipinski definition) is 6. The highest BCUT2D eigenvalue weighted by Crippen LogP contribution is 2.19. The Morgan fingerprint density at radius 1 is 1.10 bits per heavy atom. The molecule has 1 aliphatic rings. The van der Waals surface area contributed by atoms with Crippen LogP contribution in [0.3, 0.4) is 0 Å². The summed E-state index contributed by atoms with van der Waals surface area (Å²) < 4.78 is 5.91. The molecule has 0 aliphatic carbocycles. The van der Waals surface area contributed by atoms with Crippen LogP contribution in [0.5, 0.6) is 5.75 Å². The van der Waals surface area contributed by atoms with E-state index >= 15 is 0 Å². The van der Waals surface area contributed by atoms with Crippen molar-refractivity contribution in [3.63, 3.8) is 0 Å². The number of carbonyl (C=O) groups is 3. The van der Waals surface area contributed by atoms with E-state index in [0.29, 0.717) is 18.9 Å². The van der Waals surface area contributed by atoms with Gasteiger partial charge in [-0.05, 0) is 31.0 Å². The van der Waals surface area contributed by atoms with Gasteiger partial charge in [0.15, 0.2) is 0 Å². The van der Waals surface area contributed by atoms with Crippen LogP contribution in [0.15, 0.2) is 54.6 Å². The van der Waals surface area contributed by atoms with Gasteiger partial charge in [0.1, 0.15) is 18.4 Å². The van der Waals surface area contributed by atoms with E-state index in [1.54, 1.807) is 6.08 Å². The van der Waals surface area contributed by atoms with Crippen LogP contribution in [0.25, 0.3) is 6.08 Å². The molecule has 0 saturated carbocycles. The fourth-order valence-electron chi connectivity index (χ4n) is 3.89. The number of nitrogens with one attached hydrogen (secondary N) is 3. The highest BCUT2D eigenvalue weighted by molar-refractivity contribution is 6.30. The van der Waals surface area contributed by atoms with Crippen LogP contribution in [0.4, 0.5) is 0 Å². The summed E-state index contributed by atoms with van der Waals surface area (Å²) in [5, 5.41) is 19.0. The van der Waals surface area contributed by atoms with Crippen molar-refractivity contribution in [1.29, 1.82) is 0 Å². The maximum absolute atomic E-state index is 13.2. The lowest BCUT2D eigenvalue weighted by Crippen LogP contribution is -2.57. The third-order valence-corrected chi connectivity index (χ3v) is 6.81. The molecule has 3 rings (SSSR count). The zero-order valence-electron chi connectivity index (χ0n) is 23.7. The summed E-state index contributed by atoms with van der Waals surface area (Å²) in [6, 6.07) is 13.7. The molecule has 9 nitrogen and oxygen atoms in total. The van der Waals surface area contributed by atoms with E-state index in [4.69, 9.17) is 16.3 Å². The van der Waals surface area contributed by atoms with Crippen molar-refractivity contribution >= 4 is 35.4 Å². The SMILES string of the molecule is CCC(C)C1NCCOc2ccccc2/C=C/CNC(=O)CNC(=O)C(CO)N(C)C1=O.Cc1ccc(Cl)cc1. The van der Waals surface area contributed by atoms with Gasteiger partial charge in [-0.3, -0.25) is 14.4 Å². The molecule has 0 saturated heterocycles. The van der Waals surface area contributed by atoms with Crippen LogP contribution < -0.4 is 20.7 Å². The molecule has 10 heteroatoms. The number of rotatable bonds is 3. The summed E-state index contributed by atoms with van der Waals surface area (Å²) in [4.78, 5) is 39.0. The van der Waals surface area contributed by atoms with Gasteiger partial charge in [0, 0.05) is 30.7 Å². The number of aliphatic hydroxyl groups excluding tert-OH is 1. The summed E-state index contributed by atoms with van der Waals surface area (Å²) in [7, 11) is 1.48. The summed E-state index contributed by atoms with van der Waals surface area (Å²) >= 11 is 5.61. The predicted molar refractivity (Wildman–Crippen MR) is 158 cm³/mol. The average Bonchev–Trinajstić information content (AvgIpc) is 2.96. The monoisotopic (exact) mass is 572 g/mol. The van der Waals surface area contributed by atoms with E-state index in [1.165, 1.54) is 17.5 Å². The number of halogens is 1. The second-order valence-electron chi connectivity index (χ2n) is 9.57. The third-order valence-electron chi connectivity index (χ3n) is 6.56. The van der Waals surface area contributed by atoms with Crippen molar-refractivity contribution in [3.8, 4) is 5.75 Å². The number of para-hydroxylation sites is 1. The minimum absolute atomic E-state index is 0.000975. The normalized spacial score (nSPS) is 20.8. The number of ether oxygens (including phenoxy) is 1. The van der Waals surface area contributed by atoms with Gasteiger partial charge in [-0.15, -0.1) is 0 Å². The Morgan fingerprint density at radius 2 is 1.80 bits per heavy atom. The predicted octanol–water partition coefficient (Wildman–Crippen LogP) is 2.80. The van der Waals surface area contributed by atoms with E-state index in [9.17, 15) is 19.5 Å². The van der Waals surface area contributed by atoms with Crippen molar-refractivity contribution in [1.82, 2.24) is 20.9 Å². The van der Waals surface area contributed by atoms with E-state index in [1.807, 2.05) is 75.4 Å². The highest BCUT2D eigenvalue weighted by atomic mass is 35.5. The van der Waals surface area contributed by atoms with Gasteiger partial charge >= 0.3 is 0 Å². The van der Waals surface area contributed by atoms with Crippen LogP contribution in [0.1, 0.15) is 31.4 Å². The van der Waals surface area contributed by atoms with Gasteiger partial charge in [0.2, 0.25) is 17.7 Å². The van der Waals surface area contributed by atoms with Crippen molar-refractivity contribution in [2.75, 3.05) is 39.9 Å². The van der Waals surface area contributed by atoms with Crippen LogP contribution in [0, 0.1) is 12.8 Å².